The van der Waals surface area contributed by atoms with Crippen LogP contribution in [0.15, 0.2) is 24.3 Å². The van der Waals surface area contributed by atoms with Crippen molar-refractivity contribution < 1.29 is 19.4 Å². The average molecular weight is 265 g/mol. The van der Waals surface area contributed by atoms with E-state index in [1.165, 1.54) is 0 Å². The van der Waals surface area contributed by atoms with Gasteiger partial charge < -0.3 is 19.5 Å². The second-order valence-electron chi connectivity index (χ2n) is 5.03. The number of aliphatic hydroxyl groups is 1. The second kappa shape index (κ2) is 5.48. The smallest absolute Gasteiger partial charge is 0.260 e. The third-order valence-corrected chi connectivity index (χ3v) is 3.23. The molecular formula is C14H19NO4. The molecule has 2 rings (SSSR count). The minimum Gasteiger partial charge on any atom is -0.497 e. The standard InChI is InChI=1S/C14H19NO4/c1-14(17)7-8-15(10-14)13(16)9-19-12-5-3-11(18-2)4-6-12/h3-6,17H,7-10H2,1-2H3. The molecule has 5 heteroatoms. The highest BCUT2D eigenvalue weighted by molar-refractivity contribution is 5.78. The lowest BCUT2D eigenvalue weighted by atomic mass is 10.1. The van der Waals surface area contributed by atoms with Crippen molar-refractivity contribution in [1.29, 1.82) is 0 Å². The molecule has 1 saturated heterocycles. The summed E-state index contributed by atoms with van der Waals surface area (Å²) in [5.74, 6) is 1.27. The van der Waals surface area contributed by atoms with Gasteiger partial charge in [-0.1, -0.05) is 0 Å². The summed E-state index contributed by atoms with van der Waals surface area (Å²) in [4.78, 5) is 13.5. The van der Waals surface area contributed by atoms with Crippen LogP contribution in [0, 0.1) is 0 Å². The Morgan fingerprint density at radius 2 is 2.00 bits per heavy atom. The molecule has 1 unspecified atom stereocenters. The van der Waals surface area contributed by atoms with E-state index in [0.717, 1.165) is 5.75 Å². The van der Waals surface area contributed by atoms with Gasteiger partial charge >= 0.3 is 0 Å². The van der Waals surface area contributed by atoms with Crippen LogP contribution < -0.4 is 9.47 Å². The average Bonchev–Trinajstić information content (AvgIpc) is 2.77. The van der Waals surface area contributed by atoms with Crippen molar-refractivity contribution in [3.8, 4) is 11.5 Å². The first-order valence-corrected chi connectivity index (χ1v) is 6.27. The van der Waals surface area contributed by atoms with Crippen LogP contribution in [0.2, 0.25) is 0 Å². The topological polar surface area (TPSA) is 59.0 Å². The molecule has 0 spiro atoms. The largest absolute Gasteiger partial charge is 0.497 e. The summed E-state index contributed by atoms with van der Waals surface area (Å²) in [6.45, 7) is 2.68. The maximum atomic E-state index is 11.9. The number of methoxy groups -OCH3 is 1. The summed E-state index contributed by atoms with van der Waals surface area (Å²) in [7, 11) is 1.60. The Bertz CT molecular complexity index is 441. The first-order valence-electron chi connectivity index (χ1n) is 6.27. The number of ether oxygens (including phenoxy) is 2. The van der Waals surface area contributed by atoms with Gasteiger partial charge in [0.05, 0.1) is 12.7 Å². The van der Waals surface area contributed by atoms with E-state index in [0.29, 0.717) is 25.3 Å². The summed E-state index contributed by atoms with van der Waals surface area (Å²) in [6, 6.07) is 7.07. The first kappa shape index (κ1) is 13.7. The monoisotopic (exact) mass is 265 g/mol. The summed E-state index contributed by atoms with van der Waals surface area (Å²) in [5, 5.41) is 9.81. The Labute approximate surface area is 112 Å². The minimum absolute atomic E-state index is 0.0115. The van der Waals surface area contributed by atoms with Crippen LogP contribution in [0.25, 0.3) is 0 Å². The van der Waals surface area contributed by atoms with Gasteiger partial charge in [0.1, 0.15) is 11.5 Å². The molecule has 104 valence electrons. The molecule has 5 nitrogen and oxygen atoms in total. The molecule has 1 aromatic rings. The van der Waals surface area contributed by atoms with Crippen molar-refractivity contribution in [3.63, 3.8) is 0 Å². The van der Waals surface area contributed by atoms with Gasteiger partial charge in [0, 0.05) is 13.1 Å². The van der Waals surface area contributed by atoms with Gasteiger partial charge in [-0.25, -0.2) is 0 Å². The minimum atomic E-state index is -0.768. The van der Waals surface area contributed by atoms with Crippen molar-refractivity contribution in [3.05, 3.63) is 24.3 Å². The highest BCUT2D eigenvalue weighted by Crippen LogP contribution is 2.21. The number of benzene rings is 1. The molecular weight excluding hydrogens is 246 g/mol. The van der Waals surface area contributed by atoms with Crippen LogP contribution in [0.1, 0.15) is 13.3 Å². The van der Waals surface area contributed by atoms with Crippen molar-refractivity contribution >= 4 is 5.91 Å². The molecule has 0 aromatic heterocycles. The van der Waals surface area contributed by atoms with Gasteiger partial charge in [-0.05, 0) is 37.6 Å². The zero-order valence-corrected chi connectivity index (χ0v) is 11.3. The number of hydrogen-bond acceptors (Lipinski definition) is 4. The number of nitrogens with zero attached hydrogens (tertiary/aromatic N) is 1. The Morgan fingerprint density at radius 1 is 1.37 bits per heavy atom. The van der Waals surface area contributed by atoms with Crippen LogP contribution in [0.4, 0.5) is 0 Å². The van der Waals surface area contributed by atoms with E-state index in [4.69, 9.17) is 9.47 Å². The number of hydrogen-bond donors (Lipinski definition) is 1. The molecule has 19 heavy (non-hydrogen) atoms. The predicted molar refractivity (Wildman–Crippen MR) is 70.3 cm³/mol. The molecule has 0 aliphatic carbocycles. The van der Waals surface area contributed by atoms with E-state index < -0.39 is 5.60 Å². The van der Waals surface area contributed by atoms with Gasteiger partial charge in [-0.3, -0.25) is 4.79 Å². The third-order valence-electron chi connectivity index (χ3n) is 3.23. The Balaban J connectivity index is 1.83. The second-order valence-corrected chi connectivity index (χ2v) is 5.03. The van der Waals surface area contributed by atoms with Crippen molar-refractivity contribution in [2.75, 3.05) is 26.8 Å². The van der Waals surface area contributed by atoms with Crippen LogP contribution in [-0.2, 0) is 4.79 Å². The highest BCUT2D eigenvalue weighted by Gasteiger charge is 2.33. The number of likely N-dealkylation sites (tertiary alicyclic amines) is 1. The number of carbonyl (C=O) groups is 1. The van der Waals surface area contributed by atoms with Crippen LogP contribution in [-0.4, -0.2) is 48.3 Å². The summed E-state index contributed by atoms with van der Waals surface area (Å²) < 4.78 is 10.5. The van der Waals surface area contributed by atoms with E-state index in [1.54, 1.807) is 43.2 Å². The molecule has 1 heterocycles. The molecule has 1 N–H and O–H groups in total. The van der Waals surface area contributed by atoms with Gasteiger partial charge in [-0.15, -0.1) is 0 Å². The zero-order valence-electron chi connectivity index (χ0n) is 11.3. The van der Waals surface area contributed by atoms with E-state index in [2.05, 4.69) is 0 Å². The lowest BCUT2D eigenvalue weighted by Gasteiger charge is -2.19. The maximum absolute atomic E-state index is 11.9. The number of β-amino-alcohol motifs (C(OH)–C–C–N with tert-alkyl or cyclic N) is 1. The van der Waals surface area contributed by atoms with Gasteiger partial charge in [-0.2, -0.15) is 0 Å². The SMILES string of the molecule is COc1ccc(OCC(=O)N2CCC(C)(O)C2)cc1. The molecule has 1 aliphatic heterocycles. The van der Waals surface area contributed by atoms with Crippen LogP contribution in [0.5, 0.6) is 11.5 Å². The quantitative estimate of drug-likeness (QED) is 0.884. The fourth-order valence-corrected chi connectivity index (χ4v) is 2.07. The van der Waals surface area contributed by atoms with Gasteiger partial charge in [0.2, 0.25) is 0 Å². The molecule has 1 aliphatic rings. The molecule has 1 atom stereocenters. The fraction of sp³-hybridized carbons (Fsp3) is 0.500. The van der Waals surface area contributed by atoms with E-state index >= 15 is 0 Å². The summed E-state index contributed by atoms with van der Waals surface area (Å²) >= 11 is 0. The zero-order chi connectivity index (χ0) is 13.9. The Kier molecular flexibility index (Phi) is 3.95. The fourth-order valence-electron chi connectivity index (χ4n) is 2.07. The Hall–Kier alpha value is -1.75. The molecule has 1 aromatic carbocycles. The van der Waals surface area contributed by atoms with Crippen molar-refractivity contribution in [2.24, 2.45) is 0 Å². The molecule has 0 radical (unpaired) electrons. The van der Waals surface area contributed by atoms with E-state index in [1.807, 2.05) is 0 Å². The van der Waals surface area contributed by atoms with E-state index in [-0.39, 0.29) is 12.5 Å². The lowest BCUT2D eigenvalue weighted by Crippen LogP contribution is -2.36. The lowest BCUT2D eigenvalue weighted by molar-refractivity contribution is -0.133. The first-order chi connectivity index (χ1) is 9.00. The third kappa shape index (κ3) is 3.61. The molecule has 1 amide bonds. The van der Waals surface area contributed by atoms with Crippen LogP contribution in [0.3, 0.4) is 0 Å². The van der Waals surface area contributed by atoms with Crippen LogP contribution >= 0.6 is 0 Å². The number of rotatable bonds is 4. The van der Waals surface area contributed by atoms with Gasteiger partial charge in [0.25, 0.3) is 5.91 Å². The maximum Gasteiger partial charge on any atom is 0.260 e. The summed E-state index contributed by atoms with van der Waals surface area (Å²) in [5.41, 5.74) is -0.768. The normalized spacial score (nSPS) is 22.4. The predicted octanol–water partition coefficient (Wildman–Crippen LogP) is 1.06. The van der Waals surface area contributed by atoms with Crippen molar-refractivity contribution in [2.45, 2.75) is 18.9 Å². The number of carbonyl (C=O) groups excluding carboxylic acids is 1. The molecule has 0 bridgehead atoms. The number of amides is 1. The molecule has 0 saturated carbocycles. The Morgan fingerprint density at radius 3 is 2.53 bits per heavy atom. The summed E-state index contributed by atoms with van der Waals surface area (Å²) in [6.07, 6.45) is 0.612. The van der Waals surface area contributed by atoms with E-state index in [9.17, 15) is 9.90 Å². The molecule has 1 fully saturated rings. The van der Waals surface area contributed by atoms with Gasteiger partial charge in [0.15, 0.2) is 6.61 Å². The van der Waals surface area contributed by atoms with Crippen molar-refractivity contribution in [1.82, 2.24) is 4.90 Å². The highest BCUT2D eigenvalue weighted by atomic mass is 16.5.